The van der Waals surface area contributed by atoms with E-state index in [4.69, 9.17) is 4.42 Å². The van der Waals surface area contributed by atoms with Crippen molar-refractivity contribution < 1.29 is 4.42 Å². The number of nitrogens with zero attached hydrogens (tertiary/aromatic N) is 1. The normalized spacial score (nSPS) is 18.3. The molecule has 1 fully saturated rings. The van der Waals surface area contributed by atoms with Crippen molar-refractivity contribution in [3.05, 3.63) is 17.8 Å². The monoisotopic (exact) mass is 123 g/mol. The van der Waals surface area contributed by atoms with E-state index < -0.39 is 0 Å². The molecular formula is C7H9NO. The molecule has 1 aromatic rings. The van der Waals surface area contributed by atoms with Gasteiger partial charge in [0.25, 0.3) is 0 Å². The summed E-state index contributed by atoms with van der Waals surface area (Å²) in [5.41, 5.74) is 1.07. The van der Waals surface area contributed by atoms with Crippen LogP contribution in [-0.2, 0) is 0 Å². The third kappa shape index (κ3) is 0.745. The second kappa shape index (κ2) is 1.59. The Bertz CT molecular complexity index is 212. The summed E-state index contributed by atoms with van der Waals surface area (Å²) in [5.74, 6) is 1.81. The maximum Gasteiger partial charge on any atom is 0.181 e. The fourth-order valence-electron chi connectivity index (χ4n) is 1.05. The fraction of sp³-hybridized carbons (Fsp3) is 0.571. The number of hydrogen-bond acceptors (Lipinski definition) is 2. The van der Waals surface area contributed by atoms with Gasteiger partial charge in [-0.2, -0.15) is 0 Å². The summed E-state index contributed by atoms with van der Waals surface area (Å²) in [5, 5.41) is 0. The molecule has 1 heterocycles. The molecule has 1 aromatic heterocycles. The molecule has 0 saturated heterocycles. The van der Waals surface area contributed by atoms with Crippen molar-refractivity contribution in [1.82, 2.24) is 4.98 Å². The first-order valence-corrected chi connectivity index (χ1v) is 3.28. The Labute approximate surface area is 53.9 Å². The molecule has 2 rings (SSSR count). The molecule has 2 heteroatoms. The zero-order chi connectivity index (χ0) is 6.27. The van der Waals surface area contributed by atoms with Gasteiger partial charge in [0.1, 0.15) is 5.76 Å². The lowest BCUT2D eigenvalue weighted by Crippen LogP contribution is -1.77. The molecule has 1 aliphatic carbocycles. The lowest BCUT2D eigenvalue weighted by atomic mass is 10.3. The molecule has 0 bridgehead atoms. The molecule has 0 aromatic carbocycles. The quantitative estimate of drug-likeness (QED) is 0.569. The number of oxazole rings is 1. The van der Waals surface area contributed by atoms with Gasteiger partial charge in [-0.15, -0.1) is 0 Å². The average Bonchev–Trinajstić information content (AvgIpc) is 2.58. The van der Waals surface area contributed by atoms with E-state index in [0.717, 1.165) is 11.5 Å². The molecule has 0 amide bonds. The van der Waals surface area contributed by atoms with Crippen LogP contribution in [0, 0.1) is 6.92 Å². The van der Waals surface area contributed by atoms with Gasteiger partial charge in [0.05, 0.1) is 5.69 Å². The number of aryl methyl sites for hydroxylation is 1. The van der Waals surface area contributed by atoms with E-state index in [1.807, 2.05) is 6.92 Å². The van der Waals surface area contributed by atoms with Crippen molar-refractivity contribution in [2.75, 3.05) is 0 Å². The van der Waals surface area contributed by atoms with Gasteiger partial charge in [-0.05, 0) is 19.8 Å². The van der Waals surface area contributed by atoms with Crippen LogP contribution in [0.15, 0.2) is 10.8 Å². The minimum absolute atomic E-state index is 0.701. The molecule has 0 radical (unpaired) electrons. The van der Waals surface area contributed by atoms with Crippen LogP contribution in [0.4, 0.5) is 0 Å². The van der Waals surface area contributed by atoms with E-state index in [9.17, 15) is 0 Å². The first-order chi connectivity index (χ1) is 4.38. The average molecular weight is 123 g/mol. The van der Waals surface area contributed by atoms with Gasteiger partial charge in [-0.3, -0.25) is 0 Å². The summed E-state index contributed by atoms with van der Waals surface area (Å²) >= 11 is 0. The van der Waals surface area contributed by atoms with E-state index in [1.54, 1.807) is 0 Å². The van der Waals surface area contributed by atoms with Gasteiger partial charge in [0, 0.05) is 5.92 Å². The molecule has 0 N–H and O–H groups in total. The maximum absolute atomic E-state index is 5.18. The van der Waals surface area contributed by atoms with Crippen molar-refractivity contribution >= 4 is 0 Å². The number of rotatable bonds is 1. The summed E-state index contributed by atoms with van der Waals surface area (Å²) in [4.78, 5) is 4.01. The Kier molecular flexibility index (Phi) is 0.891. The zero-order valence-electron chi connectivity index (χ0n) is 5.42. The summed E-state index contributed by atoms with van der Waals surface area (Å²) in [6.45, 7) is 2.00. The van der Waals surface area contributed by atoms with Crippen LogP contribution in [0.3, 0.4) is 0 Å². The zero-order valence-corrected chi connectivity index (χ0v) is 5.42. The predicted molar refractivity (Wildman–Crippen MR) is 33.2 cm³/mol. The smallest absolute Gasteiger partial charge is 0.181 e. The molecule has 0 unspecified atom stereocenters. The van der Waals surface area contributed by atoms with Crippen LogP contribution in [0.25, 0.3) is 0 Å². The van der Waals surface area contributed by atoms with Crippen LogP contribution >= 0.6 is 0 Å². The Morgan fingerprint density at radius 2 is 2.44 bits per heavy atom. The minimum atomic E-state index is 0.701. The van der Waals surface area contributed by atoms with Crippen molar-refractivity contribution in [1.29, 1.82) is 0 Å². The first-order valence-electron chi connectivity index (χ1n) is 3.28. The highest BCUT2D eigenvalue weighted by Crippen LogP contribution is 2.41. The predicted octanol–water partition coefficient (Wildman–Crippen LogP) is 1.86. The number of hydrogen-bond donors (Lipinski definition) is 0. The van der Waals surface area contributed by atoms with Gasteiger partial charge in [-0.25, -0.2) is 4.98 Å². The van der Waals surface area contributed by atoms with E-state index in [0.29, 0.717) is 5.92 Å². The first kappa shape index (κ1) is 5.03. The lowest BCUT2D eigenvalue weighted by molar-refractivity contribution is 0.504. The summed E-state index contributed by atoms with van der Waals surface area (Å²) < 4.78 is 5.18. The molecule has 9 heavy (non-hydrogen) atoms. The van der Waals surface area contributed by atoms with Crippen LogP contribution in [0.2, 0.25) is 0 Å². The molecule has 48 valence electrons. The van der Waals surface area contributed by atoms with Crippen molar-refractivity contribution in [2.24, 2.45) is 0 Å². The molecule has 1 aliphatic rings. The van der Waals surface area contributed by atoms with Crippen molar-refractivity contribution in [2.45, 2.75) is 25.7 Å². The standard InChI is InChI=1S/C7H9NO/c1-5-7(6-2-3-6)9-4-8-5/h4,6H,2-3H2,1H3. The van der Waals surface area contributed by atoms with Gasteiger partial charge in [0.15, 0.2) is 6.39 Å². The van der Waals surface area contributed by atoms with Crippen LogP contribution < -0.4 is 0 Å². The second-order valence-electron chi connectivity index (χ2n) is 2.58. The lowest BCUT2D eigenvalue weighted by Gasteiger charge is -1.87. The highest BCUT2D eigenvalue weighted by molar-refractivity contribution is 5.15. The SMILES string of the molecule is Cc1ncoc1C1CC1. The summed E-state index contributed by atoms with van der Waals surface area (Å²) in [6.07, 6.45) is 4.11. The topological polar surface area (TPSA) is 26.0 Å². The van der Waals surface area contributed by atoms with Crippen LogP contribution in [0.1, 0.15) is 30.2 Å². The Balaban J connectivity index is 2.35. The van der Waals surface area contributed by atoms with Gasteiger partial charge >= 0.3 is 0 Å². The van der Waals surface area contributed by atoms with Crippen molar-refractivity contribution in [3.8, 4) is 0 Å². The largest absolute Gasteiger partial charge is 0.448 e. The van der Waals surface area contributed by atoms with Gasteiger partial charge in [-0.1, -0.05) is 0 Å². The van der Waals surface area contributed by atoms with E-state index in [2.05, 4.69) is 4.98 Å². The van der Waals surface area contributed by atoms with E-state index in [-0.39, 0.29) is 0 Å². The van der Waals surface area contributed by atoms with Crippen molar-refractivity contribution in [3.63, 3.8) is 0 Å². The molecule has 2 nitrogen and oxygen atoms in total. The summed E-state index contributed by atoms with van der Waals surface area (Å²) in [6, 6.07) is 0. The summed E-state index contributed by atoms with van der Waals surface area (Å²) in [7, 11) is 0. The highest BCUT2D eigenvalue weighted by Gasteiger charge is 2.28. The molecule has 1 saturated carbocycles. The van der Waals surface area contributed by atoms with Crippen LogP contribution in [-0.4, -0.2) is 4.98 Å². The van der Waals surface area contributed by atoms with E-state index >= 15 is 0 Å². The molecule has 0 atom stereocenters. The molecular weight excluding hydrogens is 114 g/mol. The van der Waals surface area contributed by atoms with E-state index in [1.165, 1.54) is 19.2 Å². The Hall–Kier alpha value is -0.790. The van der Waals surface area contributed by atoms with Gasteiger partial charge in [0.2, 0.25) is 0 Å². The second-order valence-corrected chi connectivity index (χ2v) is 2.58. The minimum Gasteiger partial charge on any atom is -0.448 e. The highest BCUT2D eigenvalue weighted by atomic mass is 16.3. The Morgan fingerprint density at radius 1 is 1.67 bits per heavy atom. The third-order valence-electron chi connectivity index (χ3n) is 1.73. The molecule has 0 aliphatic heterocycles. The maximum atomic E-state index is 5.18. The Morgan fingerprint density at radius 3 is 2.89 bits per heavy atom. The third-order valence-corrected chi connectivity index (χ3v) is 1.73. The fourth-order valence-corrected chi connectivity index (χ4v) is 1.05. The molecule has 0 spiro atoms. The number of aromatic nitrogens is 1. The van der Waals surface area contributed by atoms with Gasteiger partial charge < -0.3 is 4.42 Å². The van der Waals surface area contributed by atoms with Crippen LogP contribution in [0.5, 0.6) is 0 Å².